The Morgan fingerprint density at radius 3 is 2.69 bits per heavy atom. The maximum absolute atomic E-state index is 10.5. The molecule has 0 atom stereocenters. The summed E-state index contributed by atoms with van der Waals surface area (Å²) in [6.45, 7) is 0. The number of primary amides is 1. The van der Waals surface area contributed by atoms with Crippen LogP contribution in [0.25, 0.3) is 0 Å². The van der Waals surface area contributed by atoms with Gasteiger partial charge in [0.05, 0.1) is 10.7 Å². The fraction of sp³-hybridized carbons (Fsp3) is 0. The molecule has 0 saturated heterocycles. The third kappa shape index (κ3) is 3.80. The second-order valence-electron chi connectivity index (χ2n) is 2.73. The molecule has 1 aromatic rings. The lowest BCUT2D eigenvalue weighted by atomic mass is 10.3. The lowest BCUT2D eigenvalue weighted by Crippen LogP contribution is -2.38. The van der Waals surface area contributed by atoms with Crippen LogP contribution in [0.3, 0.4) is 0 Å². The number of nitrogens with one attached hydrogen (secondary N) is 3. The third-order valence-electron chi connectivity index (χ3n) is 1.51. The summed E-state index contributed by atoms with van der Waals surface area (Å²) in [5.41, 5.74) is 5.37. The van der Waals surface area contributed by atoms with Gasteiger partial charge in [0, 0.05) is 8.04 Å². The molecular weight excluding hydrogens is 410 g/mol. The molecule has 0 aliphatic rings. The minimum absolute atomic E-state index is 0.240. The number of carbonyl (C=O) groups excluding carboxylic acids is 1. The second-order valence-corrected chi connectivity index (χ2v) is 5.24. The van der Waals surface area contributed by atoms with Gasteiger partial charge in [0.1, 0.15) is 0 Å². The minimum atomic E-state index is -0.810. The summed E-state index contributed by atoms with van der Waals surface area (Å²) in [6.07, 6.45) is 0. The zero-order chi connectivity index (χ0) is 12.3. The quantitative estimate of drug-likeness (QED) is 0.322. The Kier molecular flexibility index (Phi) is 4.81. The van der Waals surface area contributed by atoms with Crippen molar-refractivity contribution in [1.29, 1.82) is 5.41 Å². The van der Waals surface area contributed by atoms with E-state index in [0.29, 0.717) is 15.2 Å². The Hall–Kier alpha value is -0.540. The first-order valence-electron chi connectivity index (χ1n) is 3.96. The molecule has 0 fully saturated rings. The van der Waals surface area contributed by atoms with Crippen molar-refractivity contribution >= 4 is 67.8 Å². The highest BCUT2D eigenvalue weighted by Gasteiger charge is 2.09. The summed E-state index contributed by atoms with van der Waals surface area (Å²) in [7, 11) is 0. The van der Waals surface area contributed by atoms with Crippen LogP contribution < -0.4 is 16.4 Å². The van der Waals surface area contributed by atoms with Gasteiger partial charge in [-0.05, 0) is 50.7 Å². The molecule has 1 rings (SSSR count). The highest BCUT2D eigenvalue weighted by Crippen LogP contribution is 2.32. The summed E-state index contributed by atoms with van der Waals surface area (Å²) in [5, 5.41) is 12.6. The average Bonchev–Trinajstić information content (AvgIpc) is 2.09. The predicted molar refractivity (Wildman–Crippen MR) is 75.9 cm³/mol. The number of benzene rings is 1. The van der Waals surface area contributed by atoms with Gasteiger partial charge in [0.15, 0.2) is 0 Å². The van der Waals surface area contributed by atoms with E-state index in [1.807, 2.05) is 6.07 Å². The molecule has 2 amide bonds. The molecule has 0 saturated carbocycles. The SMILES string of the molecule is N=C(NC(N)=O)Nc1c(Cl)cc(I)cc1Br. The van der Waals surface area contributed by atoms with Crippen LogP contribution in [-0.2, 0) is 0 Å². The van der Waals surface area contributed by atoms with E-state index in [1.54, 1.807) is 6.07 Å². The molecule has 0 spiro atoms. The number of anilines is 1. The third-order valence-corrected chi connectivity index (χ3v) is 3.05. The first-order chi connectivity index (χ1) is 7.40. The first kappa shape index (κ1) is 13.5. The van der Waals surface area contributed by atoms with Gasteiger partial charge in [-0.3, -0.25) is 10.7 Å². The van der Waals surface area contributed by atoms with Crippen molar-refractivity contribution in [3.05, 3.63) is 25.2 Å². The Morgan fingerprint density at radius 2 is 2.19 bits per heavy atom. The van der Waals surface area contributed by atoms with Crippen LogP contribution in [0.1, 0.15) is 0 Å². The molecule has 0 radical (unpaired) electrons. The van der Waals surface area contributed by atoms with Crippen LogP contribution in [0.15, 0.2) is 16.6 Å². The summed E-state index contributed by atoms with van der Waals surface area (Å²) >= 11 is 11.4. The molecule has 0 aliphatic heterocycles. The molecule has 0 heterocycles. The average molecular weight is 417 g/mol. The molecule has 1 aromatic carbocycles. The Morgan fingerprint density at radius 1 is 1.56 bits per heavy atom. The van der Waals surface area contributed by atoms with Gasteiger partial charge in [-0.15, -0.1) is 0 Å². The molecule has 0 bridgehead atoms. The van der Waals surface area contributed by atoms with Gasteiger partial charge in [-0.2, -0.15) is 0 Å². The van der Waals surface area contributed by atoms with Gasteiger partial charge >= 0.3 is 6.03 Å². The van der Waals surface area contributed by atoms with E-state index in [4.69, 9.17) is 22.7 Å². The number of guanidine groups is 1. The molecular formula is C8H7BrClIN4O. The standard InChI is InChI=1S/C8H7BrClIN4O/c9-4-1-3(11)2-5(10)6(4)14-7(12)15-8(13)16/h1-2H,(H5,12,13,14,15,16). The van der Waals surface area contributed by atoms with E-state index in [-0.39, 0.29) is 5.96 Å². The van der Waals surface area contributed by atoms with E-state index >= 15 is 0 Å². The number of rotatable bonds is 1. The van der Waals surface area contributed by atoms with Crippen molar-refractivity contribution in [1.82, 2.24) is 5.32 Å². The zero-order valence-electron chi connectivity index (χ0n) is 7.77. The number of hydrogen-bond acceptors (Lipinski definition) is 2. The molecule has 5 N–H and O–H groups in total. The Labute approximate surface area is 119 Å². The lowest BCUT2D eigenvalue weighted by Gasteiger charge is -2.11. The van der Waals surface area contributed by atoms with Crippen LogP contribution in [0, 0.1) is 8.98 Å². The van der Waals surface area contributed by atoms with Gasteiger partial charge in [-0.25, -0.2) is 4.79 Å². The molecule has 0 aliphatic carbocycles. The van der Waals surface area contributed by atoms with Gasteiger partial charge in [0.2, 0.25) is 5.96 Å². The predicted octanol–water partition coefficient (Wildman–Crippen LogP) is 2.72. The second kappa shape index (κ2) is 5.69. The van der Waals surface area contributed by atoms with Crippen molar-refractivity contribution in [2.45, 2.75) is 0 Å². The molecule has 86 valence electrons. The van der Waals surface area contributed by atoms with E-state index in [0.717, 1.165) is 3.57 Å². The molecule has 0 aromatic heterocycles. The van der Waals surface area contributed by atoms with Crippen LogP contribution in [-0.4, -0.2) is 12.0 Å². The molecule has 0 unspecified atom stereocenters. The van der Waals surface area contributed by atoms with E-state index in [9.17, 15) is 4.79 Å². The summed E-state index contributed by atoms with van der Waals surface area (Å²) in [6, 6.07) is 2.74. The normalized spacial score (nSPS) is 9.69. The summed E-state index contributed by atoms with van der Waals surface area (Å²) in [5.74, 6) is -0.240. The Bertz CT molecular complexity index is 431. The number of nitrogens with two attached hydrogens (primary N) is 1. The number of urea groups is 1. The summed E-state index contributed by atoms with van der Waals surface area (Å²) < 4.78 is 1.65. The highest BCUT2D eigenvalue weighted by molar-refractivity contribution is 14.1. The Balaban J connectivity index is 2.89. The van der Waals surface area contributed by atoms with Crippen LogP contribution in [0.5, 0.6) is 0 Å². The van der Waals surface area contributed by atoms with Gasteiger partial charge < -0.3 is 11.1 Å². The van der Waals surface area contributed by atoms with Crippen molar-refractivity contribution in [3.63, 3.8) is 0 Å². The van der Waals surface area contributed by atoms with Crippen molar-refractivity contribution < 1.29 is 4.79 Å². The monoisotopic (exact) mass is 416 g/mol. The van der Waals surface area contributed by atoms with Crippen molar-refractivity contribution in [2.24, 2.45) is 5.73 Å². The first-order valence-corrected chi connectivity index (χ1v) is 6.21. The largest absolute Gasteiger partial charge is 0.351 e. The van der Waals surface area contributed by atoms with Gasteiger partial charge in [0.25, 0.3) is 0 Å². The smallest absolute Gasteiger partial charge is 0.318 e. The van der Waals surface area contributed by atoms with Crippen LogP contribution in [0.2, 0.25) is 5.02 Å². The topological polar surface area (TPSA) is 91.0 Å². The van der Waals surface area contributed by atoms with Crippen molar-refractivity contribution in [3.8, 4) is 0 Å². The van der Waals surface area contributed by atoms with Gasteiger partial charge in [-0.1, -0.05) is 11.6 Å². The van der Waals surface area contributed by atoms with E-state index < -0.39 is 6.03 Å². The fourth-order valence-electron chi connectivity index (χ4n) is 0.941. The van der Waals surface area contributed by atoms with E-state index in [2.05, 4.69) is 49.2 Å². The minimum Gasteiger partial charge on any atom is -0.351 e. The van der Waals surface area contributed by atoms with Crippen LogP contribution >= 0.6 is 50.1 Å². The maximum Gasteiger partial charge on any atom is 0.318 e. The number of amides is 2. The molecule has 8 heteroatoms. The summed E-state index contributed by atoms with van der Waals surface area (Å²) in [4.78, 5) is 10.5. The zero-order valence-corrected chi connectivity index (χ0v) is 12.3. The lowest BCUT2D eigenvalue weighted by molar-refractivity contribution is 0.253. The van der Waals surface area contributed by atoms with E-state index in [1.165, 1.54) is 0 Å². The fourth-order valence-corrected chi connectivity index (χ4v) is 3.12. The molecule has 16 heavy (non-hydrogen) atoms. The maximum atomic E-state index is 10.5. The number of halogens is 3. The number of hydrogen-bond donors (Lipinski definition) is 4. The highest BCUT2D eigenvalue weighted by atomic mass is 127. The van der Waals surface area contributed by atoms with Crippen molar-refractivity contribution in [2.75, 3.05) is 5.32 Å². The number of carbonyl (C=O) groups is 1. The molecule has 5 nitrogen and oxygen atoms in total. The van der Waals surface area contributed by atoms with Crippen LogP contribution in [0.4, 0.5) is 10.5 Å².